The molecule has 0 fully saturated rings. The monoisotopic (exact) mass is 518 g/mol. The Morgan fingerprint density at radius 2 is 1.89 bits per heavy atom. The van der Waals surface area contributed by atoms with Crippen molar-refractivity contribution in [1.29, 1.82) is 0 Å². The fourth-order valence-electron chi connectivity index (χ4n) is 3.51. The number of thioether (sulfide) groups is 1. The Balaban J connectivity index is 1.68. The molecule has 0 aliphatic rings. The van der Waals surface area contributed by atoms with Gasteiger partial charge in [0.1, 0.15) is 0 Å². The second-order valence-corrected chi connectivity index (χ2v) is 9.94. The Kier molecular flexibility index (Phi) is 12.4. The fraction of sp³-hybridized carbons (Fsp3) is 0.310. The van der Waals surface area contributed by atoms with Crippen LogP contribution in [0.15, 0.2) is 78.0 Å². The molecule has 0 bridgehead atoms. The number of anilines is 1. The van der Waals surface area contributed by atoms with Gasteiger partial charge in [0.05, 0.1) is 22.6 Å². The third-order valence-electron chi connectivity index (χ3n) is 5.61. The molecule has 196 valence electrons. The van der Waals surface area contributed by atoms with Gasteiger partial charge in [-0.1, -0.05) is 55.8 Å². The lowest BCUT2D eigenvalue weighted by Crippen LogP contribution is -2.13. The van der Waals surface area contributed by atoms with Gasteiger partial charge in [0.25, 0.3) is 0 Å². The average molecular weight is 519 g/mol. The molecule has 0 saturated heterocycles. The normalized spacial score (nSPS) is 11.6. The number of allylic oxidation sites excluding steroid dienone is 4. The highest BCUT2D eigenvalue weighted by Crippen LogP contribution is 2.28. The van der Waals surface area contributed by atoms with Crippen molar-refractivity contribution >= 4 is 35.1 Å². The van der Waals surface area contributed by atoms with Gasteiger partial charge in [0.15, 0.2) is 5.82 Å². The van der Waals surface area contributed by atoms with Crippen molar-refractivity contribution < 1.29 is 4.79 Å². The number of nitrogens with zero attached hydrogens (tertiary/aromatic N) is 3. The molecule has 2 aromatic heterocycles. The van der Waals surface area contributed by atoms with Crippen LogP contribution in [0.4, 0.5) is 5.82 Å². The predicted octanol–water partition coefficient (Wildman–Crippen LogP) is 7.17. The Hall–Kier alpha value is -3.65. The van der Waals surface area contributed by atoms with E-state index in [2.05, 4.69) is 63.4 Å². The second-order valence-electron chi connectivity index (χ2n) is 8.66. The van der Waals surface area contributed by atoms with E-state index in [9.17, 15) is 4.79 Å². The van der Waals surface area contributed by atoms with Crippen LogP contribution in [0.25, 0.3) is 11.6 Å². The fourth-order valence-corrected chi connectivity index (χ4v) is 4.30. The largest absolute Gasteiger partial charge is 0.354 e. The van der Waals surface area contributed by atoms with Crippen LogP contribution in [0.3, 0.4) is 0 Å². The van der Waals surface area contributed by atoms with Crippen LogP contribution < -0.4 is 10.6 Å². The van der Waals surface area contributed by atoms with Gasteiger partial charge < -0.3 is 10.6 Å². The molecule has 37 heavy (non-hydrogen) atoms. The highest BCUT2D eigenvalue weighted by Gasteiger charge is 2.10. The van der Waals surface area contributed by atoms with Crippen molar-refractivity contribution in [3.05, 3.63) is 95.0 Å². The SMILES string of the molecule is C=Cc1[nH]ncc1/C(=C\C)CC(=C)NC(=C)SC(=C)CCCCc1ccc(NC(=O)C/C(C)=C/C)nn1. The van der Waals surface area contributed by atoms with Crippen molar-refractivity contribution in [2.75, 3.05) is 5.32 Å². The number of aryl methyl sites for hydroxylation is 1. The van der Waals surface area contributed by atoms with Gasteiger partial charge in [-0.25, -0.2) is 0 Å². The highest BCUT2D eigenvalue weighted by atomic mass is 32.2. The van der Waals surface area contributed by atoms with Gasteiger partial charge in [0, 0.05) is 24.1 Å². The first kappa shape index (κ1) is 29.6. The summed E-state index contributed by atoms with van der Waals surface area (Å²) in [7, 11) is 0. The molecule has 7 nitrogen and oxygen atoms in total. The van der Waals surface area contributed by atoms with Crippen molar-refractivity contribution in [2.45, 2.75) is 59.3 Å². The molecule has 2 aromatic rings. The average Bonchev–Trinajstić information content (AvgIpc) is 3.34. The van der Waals surface area contributed by atoms with Gasteiger partial charge in [0.2, 0.25) is 5.91 Å². The molecule has 0 aliphatic carbocycles. The van der Waals surface area contributed by atoms with Crippen LogP contribution in [0.5, 0.6) is 0 Å². The summed E-state index contributed by atoms with van der Waals surface area (Å²) in [5, 5.41) is 22.3. The number of nitrogens with one attached hydrogen (secondary N) is 3. The molecule has 0 saturated carbocycles. The lowest BCUT2D eigenvalue weighted by molar-refractivity contribution is -0.115. The van der Waals surface area contributed by atoms with Gasteiger partial charge in [-0.2, -0.15) is 10.2 Å². The zero-order valence-electron chi connectivity index (χ0n) is 22.2. The van der Waals surface area contributed by atoms with E-state index in [1.165, 1.54) is 0 Å². The summed E-state index contributed by atoms with van der Waals surface area (Å²) >= 11 is 1.54. The molecule has 2 rings (SSSR count). The smallest absolute Gasteiger partial charge is 0.229 e. The van der Waals surface area contributed by atoms with Crippen LogP contribution >= 0.6 is 11.8 Å². The first-order valence-electron chi connectivity index (χ1n) is 12.3. The lowest BCUT2D eigenvalue weighted by atomic mass is 10.0. The highest BCUT2D eigenvalue weighted by molar-refractivity contribution is 8.06. The standard InChI is InChI=1S/C29H38N6OS/c1-8-20(4)17-29(36)32-28-16-15-25(33-35-28)14-12-11-13-22(6)37-23(7)31-21(5)18-24(9-2)26-19-30-34-27(26)10-3/h8-10,15-16,19,31H,3,5-7,11-14,17-18H2,1-2,4H3,(H,30,34)(H,32,35,36)/b20-8+,24-9-. The maximum Gasteiger partial charge on any atom is 0.229 e. The zero-order chi connectivity index (χ0) is 27.2. The number of unbranched alkanes of at least 4 members (excludes halogenated alkanes) is 1. The van der Waals surface area contributed by atoms with Gasteiger partial charge in [-0.3, -0.25) is 9.89 Å². The quantitative estimate of drug-likeness (QED) is 0.161. The van der Waals surface area contributed by atoms with Crippen LogP contribution in [0.2, 0.25) is 0 Å². The molecule has 0 aromatic carbocycles. The third-order valence-corrected chi connectivity index (χ3v) is 6.45. The first-order chi connectivity index (χ1) is 17.7. The molecule has 0 unspecified atom stereocenters. The van der Waals surface area contributed by atoms with Gasteiger partial charge in [-0.05, 0) is 75.1 Å². The van der Waals surface area contributed by atoms with Gasteiger partial charge in [-0.15, -0.1) is 5.10 Å². The molecule has 0 aliphatic heterocycles. The van der Waals surface area contributed by atoms with Crippen molar-refractivity contribution in [1.82, 2.24) is 25.7 Å². The number of amides is 1. The number of aromatic nitrogens is 4. The third kappa shape index (κ3) is 10.5. The Morgan fingerprint density at radius 3 is 2.54 bits per heavy atom. The van der Waals surface area contributed by atoms with E-state index in [1.807, 2.05) is 32.9 Å². The molecule has 1 amide bonds. The van der Waals surface area contributed by atoms with Crippen molar-refractivity contribution in [3.63, 3.8) is 0 Å². The number of H-pyrrole nitrogens is 1. The topological polar surface area (TPSA) is 95.6 Å². The molecule has 2 heterocycles. The van der Waals surface area contributed by atoms with Crippen LogP contribution in [0, 0.1) is 0 Å². The van der Waals surface area contributed by atoms with E-state index in [4.69, 9.17) is 0 Å². The maximum atomic E-state index is 12.0. The Morgan fingerprint density at radius 1 is 1.11 bits per heavy atom. The summed E-state index contributed by atoms with van der Waals surface area (Å²) in [5.74, 6) is 0.387. The molecular formula is C29H38N6OS. The maximum absolute atomic E-state index is 12.0. The summed E-state index contributed by atoms with van der Waals surface area (Å²) in [6.07, 6.45) is 12.2. The summed E-state index contributed by atoms with van der Waals surface area (Å²) in [6.45, 7) is 22.1. The van der Waals surface area contributed by atoms with Crippen LogP contribution in [-0.4, -0.2) is 26.3 Å². The lowest BCUT2D eigenvalue weighted by Gasteiger charge is -2.14. The van der Waals surface area contributed by atoms with Crippen molar-refractivity contribution in [2.24, 2.45) is 0 Å². The Labute approximate surface area is 225 Å². The number of hydrogen-bond acceptors (Lipinski definition) is 6. The number of carbonyl (C=O) groups is 1. The van der Waals surface area contributed by atoms with Crippen LogP contribution in [-0.2, 0) is 11.2 Å². The predicted molar refractivity (Wildman–Crippen MR) is 157 cm³/mol. The van der Waals surface area contributed by atoms with Crippen LogP contribution in [0.1, 0.15) is 69.8 Å². The first-order valence-corrected chi connectivity index (χ1v) is 13.1. The zero-order valence-corrected chi connectivity index (χ0v) is 23.0. The summed E-state index contributed by atoms with van der Waals surface area (Å²) < 4.78 is 0. The van der Waals surface area contributed by atoms with E-state index in [-0.39, 0.29) is 5.91 Å². The van der Waals surface area contributed by atoms with E-state index in [1.54, 1.807) is 30.1 Å². The van der Waals surface area contributed by atoms with E-state index >= 15 is 0 Å². The van der Waals surface area contributed by atoms with E-state index < -0.39 is 0 Å². The molecule has 8 heteroatoms. The molecule has 0 radical (unpaired) electrons. The summed E-state index contributed by atoms with van der Waals surface area (Å²) in [5.41, 5.74) is 5.80. The molecular weight excluding hydrogens is 480 g/mol. The van der Waals surface area contributed by atoms with E-state index in [0.29, 0.717) is 18.7 Å². The number of aromatic amines is 1. The minimum Gasteiger partial charge on any atom is -0.354 e. The molecule has 0 atom stereocenters. The van der Waals surface area contributed by atoms with Gasteiger partial charge >= 0.3 is 0 Å². The number of carbonyl (C=O) groups excluding carboxylic acids is 1. The number of rotatable bonds is 16. The second kappa shape index (κ2) is 15.5. The Bertz CT molecular complexity index is 1170. The van der Waals surface area contributed by atoms with Crippen molar-refractivity contribution in [3.8, 4) is 0 Å². The van der Waals surface area contributed by atoms with E-state index in [0.717, 1.165) is 69.4 Å². The minimum absolute atomic E-state index is 0.0876. The minimum atomic E-state index is -0.0876. The summed E-state index contributed by atoms with van der Waals surface area (Å²) in [4.78, 5) is 13.0. The number of hydrogen-bond donors (Lipinski definition) is 3. The molecule has 3 N–H and O–H groups in total. The molecule has 0 spiro atoms. The summed E-state index contributed by atoms with van der Waals surface area (Å²) in [6, 6.07) is 3.71.